The zero-order chi connectivity index (χ0) is 29.6. The number of nitrogens with zero attached hydrogens (tertiary/aromatic N) is 4. The van der Waals surface area contributed by atoms with E-state index in [1.807, 2.05) is 52.0 Å². The van der Waals surface area contributed by atoms with E-state index in [9.17, 15) is 19.2 Å². The molecule has 1 aliphatic heterocycles. The Morgan fingerprint density at radius 2 is 1.38 bits per heavy atom. The fourth-order valence-corrected chi connectivity index (χ4v) is 6.01. The van der Waals surface area contributed by atoms with Crippen LogP contribution in [-0.4, -0.2) is 17.6 Å². The molecule has 0 bridgehead atoms. The Balaban J connectivity index is 2.14. The Bertz CT molecular complexity index is 1780. The molecule has 4 nitrogen and oxygen atoms in total. The molecule has 0 spiro atoms. The van der Waals surface area contributed by atoms with Gasteiger partial charge in [-0.05, 0) is 118 Å². The Morgan fingerprint density at radius 3 is 1.80 bits per heavy atom. The third-order valence-corrected chi connectivity index (χ3v) is 7.73. The van der Waals surface area contributed by atoms with Gasteiger partial charge in [0.25, 0.3) is 0 Å². The molecule has 3 aromatic rings. The van der Waals surface area contributed by atoms with E-state index in [0.29, 0.717) is 39.3 Å². The van der Waals surface area contributed by atoms with Gasteiger partial charge in [0.2, 0.25) is 0 Å². The van der Waals surface area contributed by atoms with E-state index in [1.165, 1.54) is 6.92 Å². The summed E-state index contributed by atoms with van der Waals surface area (Å²) in [6, 6.07) is 12.2. The zero-order valence-corrected chi connectivity index (χ0v) is 24.0. The summed E-state index contributed by atoms with van der Waals surface area (Å²) in [6.45, 7) is 14.8. The lowest BCUT2D eigenvalue weighted by Gasteiger charge is -2.21. The van der Waals surface area contributed by atoms with Crippen LogP contribution >= 0.6 is 0 Å². The van der Waals surface area contributed by atoms with E-state index in [1.54, 1.807) is 20.8 Å². The second kappa shape index (κ2) is 10.5. The topological polar surface area (TPSA) is 64.9 Å². The van der Waals surface area contributed by atoms with E-state index >= 15 is 0 Å². The van der Waals surface area contributed by atoms with Crippen LogP contribution in [-0.2, 0) is 0 Å². The van der Waals surface area contributed by atoms with Gasteiger partial charge in [0, 0.05) is 22.5 Å². The zero-order valence-electron chi connectivity index (χ0n) is 24.0. The predicted octanol–water partition coefficient (Wildman–Crippen LogP) is 7.70. The molecule has 0 unspecified atom stereocenters. The number of rotatable bonds is 4. The fourth-order valence-electron chi connectivity index (χ4n) is 6.01. The summed E-state index contributed by atoms with van der Waals surface area (Å²) in [5.41, 5.74) is 11.2. The van der Waals surface area contributed by atoms with Gasteiger partial charge in [-0.15, -0.1) is 6.42 Å². The summed E-state index contributed by atoms with van der Waals surface area (Å²) in [7, 11) is -2.88. The van der Waals surface area contributed by atoms with Gasteiger partial charge in [-0.2, -0.15) is 10.5 Å². The van der Waals surface area contributed by atoms with Crippen molar-refractivity contribution in [3.8, 4) is 35.6 Å². The molecule has 40 heavy (non-hydrogen) atoms. The predicted molar refractivity (Wildman–Crippen MR) is 158 cm³/mol. The lowest BCUT2D eigenvalue weighted by Crippen LogP contribution is -2.18. The number of nitriles is 2. The van der Waals surface area contributed by atoms with Gasteiger partial charge >= 0.3 is 7.40 Å². The standard InChI is InChI=1S/C33H29BF2N4/c1-10-25-11-17(2)29(18(3)12-25)30-19(4)13-26(14-20(30)5)31(32-21(6)27(15-37)23(8)39-32)33-22(7)28(16-38)24(9)40(33)34(35)36/h1,11-14H,2-9H3/b32-31-. The largest absolute Gasteiger partial charge is 0.677 e. The number of halogens is 2. The van der Waals surface area contributed by atoms with Crippen molar-refractivity contribution in [3.63, 3.8) is 0 Å². The number of aliphatic imine (C=N–C) groups is 1. The Hall–Kier alpha value is -4.67. The van der Waals surface area contributed by atoms with Crippen molar-refractivity contribution in [1.29, 1.82) is 10.5 Å². The molecule has 0 atom stereocenters. The quantitative estimate of drug-likeness (QED) is 0.256. The molecular formula is C33H29BF2N4. The highest BCUT2D eigenvalue weighted by atomic mass is 19.2. The van der Waals surface area contributed by atoms with Crippen LogP contribution in [0.25, 0.3) is 16.7 Å². The molecule has 4 rings (SSSR count). The molecule has 0 radical (unpaired) electrons. The van der Waals surface area contributed by atoms with Gasteiger partial charge in [-0.25, -0.2) is 0 Å². The fraction of sp³-hybridized carbons (Fsp3) is 0.242. The summed E-state index contributed by atoms with van der Waals surface area (Å²) >= 11 is 0. The summed E-state index contributed by atoms with van der Waals surface area (Å²) in [4.78, 5) is 4.71. The van der Waals surface area contributed by atoms with Crippen LogP contribution < -0.4 is 0 Å². The highest BCUT2D eigenvalue weighted by molar-refractivity contribution is 6.41. The van der Waals surface area contributed by atoms with Gasteiger partial charge in [-0.3, -0.25) is 13.6 Å². The Morgan fingerprint density at radius 1 is 0.850 bits per heavy atom. The summed E-state index contributed by atoms with van der Waals surface area (Å²) in [5, 5.41) is 19.6. The van der Waals surface area contributed by atoms with Crippen molar-refractivity contribution in [2.75, 3.05) is 0 Å². The smallest absolute Gasteiger partial charge is 0.328 e. The van der Waals surface area contributed by atoms with Crippen molar-refractivity contribution in [3.05, 3.63) is 97.0 Å². The van der Waals surface area contributed by atoms with E-state index in [-0.39, 0.29) is 17.0 Å². The van der Waals surface area contributed by atoms with Gasteiger partial charge in [0.1, 0.15) is 12.1 Å². The average molecular weight is 530 g/mol. The van der Waals surface area contributed by atoms with Crippen LogP contribution in [0.4, 0.5) is 8.63 Å². The maximum atomic E-state index is 14.6. The van der Waals surface area contributed by atoms with E-state index in [0.717, 1.165) is 43.4 Å². The Labute approximate surface area is 235 Å². The minimum Gasteiger partial charge on any atom is -0.328 e. The minimum absolute atomic E-state index is 0.189. The molecule has 2 aromatic carbocycles. The maximum Gasteiger partial charge on any atom is 0.677 e. The van der Waals surface area contributed by atoms with Crippen molar-refractivity contribution in [2.24, 2.45) is 4.99 Å². The van der Waals surface area contributed by atoms with Gasteiger partial charge in [0.05, 0.1) is 22.5 Å². The lowest BCUT2D eigenvalue weighted by molar-refractivity contribution is 0.624. The number of aromatic nitrogens is 1. The van der Waals surface area contributed by atoms with Crippen molar-refractivity contribution in [2.45, 2.75) is 55.4 Å². The number of aryl methyl sites for hydroxylation is 4. The van der Waals surface area contributed by atoms with Crippen molar-refractivity contribution < 1.29 is 8.63 Å². The van der Waals surface area contributed by atoms with Crippen molar-refractivity contribution in [1.82, 2.24) is 4.48 Å². The lowest BCUT2D eigenvalue weighted by atomic mass is 9.85. The number of hydrogen-bond acceptors (Lipinski definition) is 3. The van der Waals surface area contributed by atoms with Gasteiger partial charge < -0.3 is 4.48 Å². The second-order valence-corrected chi connectivity index (χ2v) is 10.3. The van der Waals surface area contributed by atoms with Crippen LogP contribution in [0.15, 0.2) is 46.1 Å². The summed E-state index contributed by atoms with van der Waals surface area (Å²) in [6.07, 6.45) is 5.65. The minimum atomic E-state index is -2.88. The highest BCUT2D eigenvalue weighted by Gasteiger charge is 2.33. The third-order valence-electron chi connectivity index (χ3n) is 7.73. The molecule has 0 N–H and O–H groups in total. The molecule has 0 saturated carbocycles. The maximum absolute atomic E-state index is 14.6. The highest BCUT2D eigenvalue weighted by Crippen LogP contribution is 2.42. The first kappa shape index (κ1) is 28.3. The number of hydrogen-bond donors (Lipinski definition) is 0. The molecule has 1 aromatic heterocycles. The van der Waals surface area contributed by atoms with Crippen LogP contribution in [0.5, 0.6) is 0 Å². The first-order valence-electron chi connectivity index (χ1n) is 12.9. The number of benzene rings is 2. The first-order chi connectivity index (χ1) is 18.9. The average Bonchev–Trinajstić information content (AvgIpc) is 3.30. The van der Waals surface area contributed by atoms with Gasteiger partial charge in [0.15, 0.2) is 0 Å². The van der Waals surface area contributed by atoms with Crippen LogP contribution in [0.3, 0.4) is 0 Å². The molecular weight excluding hydrogens is 501 g/mol. The van der Waals surface area contributed by atoms with Crippen LogP contribution in [0.2, 0.25) is 0 Å². The summed E-state index contributed by atoms with van der Waals surface area (Å²) in [5.74, 6) is 2.70. The molecule has 0 saturated heterocycles. The number of terminal acetylenes is 1. The van der Waals surface area contributed by atoms with E-state index in [4.69, 9.17) is 11.4 Å². The number of allylic oxidation sites excluding steroid dienone is 2. The monoisotopic (exact) mass is 530 g/mol. The normalized spacial score (nSPS) is 14.0. The molecule has 198 valence electrons. The SMILES string of the molecule is C#Cc1cc(C)c(-c2c(C)cc(/C(=C3/N=C(C)C(C#N)=C3C)c3c(C)c(C#N)c(C)n3B(F)F)cc2C)c(C)c1. The first-order valence-corrected chi connectivity index (χ1v) is 12.9. The van der Waals surface area contributed by atoms with Gasteiger partial charge in [-0.1, -0.05) is 18.1 Å². The van der Waals surface area contributed by atoms with Crippen molar-refractivity contribution >= 4 is 18.7 Å². The molecule has 0 aliphatic carbocycles. The second-order valence-electron chi connectivity index (χ2n) is 10.3. The van der Waals surface area contributed by atoms with E-state index < -0.39 is 7.40 Å². The summed E-state index contributed by atoms with van der Waals surface area (Å²) < 4.78 is 30.1. The molecule has 1 aliphatic rings. The van der Waals surface area contributed by atoms with Crippen LogP contribution in [0.1, 0.15) is 69.7 Å². The Kier molecular flexibility index (Phi) is 7.43. The molecule has 7 heteroatoms. The molecule has 0 amide bonds. The molecule has 2 heterocycles. The molecule has 0 fully saturated rings. The van der Waals surface area contributed by atoms with Crippen LogP contribution in [0, 0.1) is 76.5 Å². The van der Waals surface area contributed by atoms with E-state index in [2.05, 4.69) is 18.1 Å². The third kappa shape index (κ3) is 4.37.